The van der Waals surface area contributed by atoms with E-state index in [0.29, 0.717) is 13.0 Å². The van der Waals surface area contributed by atoms with Crippen molar-refractivity contribution in [3.8, 4) is 0 Å². The zero-order valence-corrected chi connectivity index (χ0v) is 14.9. The summed E-state index contributed by atoms with van der Waals surface area (Å²) in [6.07, 6.45) is 1.30. The molecule has 1 aliphatic rings. The molecule has 1 unspecified atom stereocenters. The Morgan fingerprint density at radius 3 is 2.44 bits per heavy atom. The summed E-state index contributed by atoms with van der Waals surface area (Å²) < 4.78 is 13.2. The fraction of sp³-hybridized carbons (Fsp3) is 0.381. The molecule has 25 heavy (non-hydrogen) atoms. The summed E-state index contributed by atoms with van der Waals surface area (Å²) in [4.78, 5) is 16.8. The van der Waals surface area contributed by atoms with Gasteiger partial charge in [0.2, 0.25) is 5.91 Å². The average Bonchev–Trinajstić information content (AvgIpc) is 2.62. The predicted molar refractivity (Wildman–Crippen MR) is 97.9 cm³/mol. The quantitative estimate of drug-likeness (QED) is 0.849. The van der Waals surface area contributed by atoms with Crippen LogP contribution in [0.1, 0.15) is 29.2 Å². The normalized spacial score (nSPS) is 18.4. The van der Waals surface area contributed by atoms with Crippen molar-refractivity contribution in [2.24, 2.45) is 0 Å². The lowest BCUT2D eigenvalue weighted by molar-refractivity contribution is -0.134. The summed E-state index contributed by atoms with van der Waals surface area (Å²) in [6.45, 7) is 4.31. The van der Waals surface area contributed by atoms with E-state index in [-0.39, 0.29) is 17.8 Å². The number of rotatable bonds is 4. The van der Waals surface area contributed by atoms with E-state index in [1.807, 2.05) is 17.0 Å². The third-order valence-corrected chi connectivity index (χ3v) is 5.00. The Kier molecular flexibility index (Phi) is 5.49. The van der Waals surface area contributed by atoms with Crippen LogP contribution >= 0.6 is 0 Å². The van der Waals surface area contributed by atoms with E-state index in [0.717, 1.165) is 25.1 Å². The monoisotopic (exact) mass is 340 g/mol. The van der Waals surface area contributed by atoms with E-state index < -0.39 is 0 Å². The van der Waals surface area contributed by atoms with Gasteiger partial charge in [0.1, 0.15) is 5.82 Å². The van der Waals surface area contributed by atoms with Crippen molar-refractivity contribution in [2.45, 2.75) is 25.8 Å². The maximum atomic E-state index is 13.2. The van der Waals surface area contributed by atoms with Crippen LogP contribution in [0.4, 0.5) is 4.39 Å². The van der Waals surface area contributed by atoms with Gasteiger partial charge >= 0.3 is 0 Å². The number of amides is 1. The Morgan fingerprint density at radius 1 is 1.08 bits per heavy atom. The number of piperazine rings is 1. The molecule has 3 nitrogen and oxygen atoms in total. The highest BCUT2D eigenvalue weighted by Crippen LogP contribution is 2.24. The zero-order valence-electron chi connectivity index (χ0n) is 14.9. The number of likely N-dealkylation sites (N-methyl/N-ethyl adjacent to an activating group) is 1. The van der Waals surface area contributed by atoms with Crippen LogP contribution in [0.5, 0.6) is 0 Å². The van der Waals surface area contributed by atoms with Gasteiger partial charge in [0.05, 0.1) is 6.04 Å². The lowest BCUT2D eigenvalue weighted by Gasteiger charge is -2.39. The van der Waals surface area contributed by atoms with Gasteiger partial charge in [-0.25, -0.2) is 4.39 Å². The predicted octanol–water partition coefficient (Wildman–Crippen LogP) is 3.58. The summed E-state index contributed by atoms with van der Waals surface area (Å²) in [7, 11) is 2.06. The largest absolute Gasteiger partial charge is 0.339 e. The van der Waals surface area contributed by atoms with E-state index in [1.54, 1.807) is 0 Å². The highest BCUT2D eigenvalue weighted by atomic mass is 19.1. The molecular weight excluding hydrogens is 315 g/mol. The van der Waals surface area contributed by atoms with E-state index in [4.69, 9.17) is 0 Å². The fourth-order valence-electron chi connectivity index (χ4n) is 3.31. The van der Waals surface area contributed by atoms with Crippen molar-refractivity contribution in [2.75, 3.05) is 26.7 Å². The lowest BCUT2D eigenvalue weighted by Crippen LogP contribution is -2.49. The molecule has 0 N–H and O–H groups in total. The second kappa shape index (κ2) is 7.79. The van der Waals surface area contributed by atoms with Crippen molar-refractivity contribution in [1.29, 1.82) is 0 Å². The first-order chi connectivity index (χ1) is 12.0. The van der Waals surface area contributed by atoms with Crippen molar-refractivity contribution >= 4 is 5.91 Å². The standard InChI is InChI=1S/C21H25FN2O/c1-16-3-5-17(6-4-16)7-12-21(25)24-14-13-23(2)20(15-24)18-8-10-19(22)11-9-18/h3-6,8-11,20H,7,12-15H2,1-2H3. The molecule has 0 radical (unpaired) electrons. The number of carbonyl (C=O) groups is 1. The molecule has 3 rings (SSSR count). The minimum Gasteiger partial charge on any atom is -0.339 e. The number of benzene rings is 2. The topological polar surface area (TPSA) is 23.6 Å². The fourth-order valence-corrected chi connectivity index (χ4v) is 3.31. The van der Waals surface area contributed by atoms with Gasteiger partial charge in [-0.3, -0.25) is 9.69 Å². The highest BCUT2D eigenvalue weighted by Gasteiger charge is 2.28. The maximum absolute atomic E-state index is 13.2. The van der Waals surface area contributed by atoms with Crippen LogP contribution in [0.25, 0.3) is 0 Å². The van der Waals surface area contributed by atoms with Crippen molar-refractivity contribution < 1.29 is 9.18 Å². The van der Waals surface area contributed by atoms with Gasteiger partial charge in [-0.05, 0) is 43.7 Å². The van der Waals surface area contributed by atoms with Crippen molar-refractivity contribution in [3.05, 3.63) is 71.0 Å². The van der Waals surface area contributed by atoms with Crippen LogP contribution < -0.4 is 0 Å². The second-order valence-corrected chi connectivity index (χ2v) is 6.87. The summed E-state index contributed by atoms with van der Waals surface area (Å²) in [5.74, 6) is -0.0333. The number of halogens is 1. The molecule has 0 bridgehead atoms. The number of aryl methyl sites for hydroxylation is 2. The molecule has 1 aliphatic heterocycles. The first-order valence-corrected chi connectivity index (χ1v) is 8.82. The number of nitrogens with zero attached hydrogens (tertiary/aromatic N) is 2. The van der Waals surface area contributed by atoms with E-state index in [9.17, 15) is 9.18 Å². The number of carbonyl (C=O) groups excluding carboxylic acids is 1. The Balaban J connectivity index is 1.61. The molecule has 0 saturated carbocycles. The van der Waals surface area contributed by atoms with Crippen LogP contribution in [0.2, 0.25) is 0 Å². The van der Waals surface area contributed by atoms with E-state index in [2.05, 4.69) is 43.1 Å². The van der Waals surface area contributed by atoms with Gasteiger partial charge in [0.25, 0.3) is 0 Å². The lowest BCUT2D eigenvalue weighted by atomic mass is 10.0. The smallest absolute Gasteiger partial charge is 0.223 e. The molecule has 0 aliphatic carbocycles. The molecule has 1 heterocycles. The van der Waals surface area contributed by atoms with Gasteiger partial charge in [0, 0.05) is 26.1 Å². The Hall–Kier alpha value is -2.20. The third-order valence-electron chi connectivity index (χ3n) is 5.00. The molecule has 1 fully saturated rings. The molecule has 2 aromatic rings. The minimum atomic E-state index is -0.228. The summed E-state index contributed by atoms with van der Waals surface area (Å²) >= 11 is 0. The van der Waals surface area contributed by atoms with Crippen molar-refractivity contribution in [1.82, 2.24) is 9.80 Å². The summed E-state index contributed by atoms with van der Waals surface area (Å²) in [5.41, 5.74) is 3.49. The molecule has 4 heteroatoms. The number of hydrogen-bond donors (Lipinski definition) is 0. The molecule has 0 aromatic heterocycles. The molecular formula is C21H25FN2O. The van der Waals surface area contributed by atoms with Gasteiger partial charge in [-0.1, -0.05) is 42.0 Å². The van der Waals surface area contributed by atoms with Crippen molar-refractivity contribution in [3.63, 3.8) is 0 Å². The highest BCUT2D eigenvalue weighted by molar-refractivity contribution is 5.76. The SMILES string of the molecule is Cc1ccc(CCC(=O)N2CCN(C)C(c3ccc(F)cc3)C2)cc1. The van der Waals surface area contributed by atoms with Crippen LogP contribution in [0, 0.1) is 12.7 Å². The molecule has 132 valence electrons. The first-order valence-electron chi connectivity index (χ1n) is 8.82. The molecule has 0 spiro atoms. The Labute approximate surface area is 149 Å². The van der Waals surface area contributed by atoms with E-state index >= 15 is 0 Å². The van der Waals surface area contributed by atoms with E-state index in [1.165, 1.54) is 23.3 Å². The van der Waals surface area contributed by atoms with Crippen LogP contribution in [-0.4, -0.2) is 42.4 Å². The Morgan fingerprint density at radius 2 is 1.76 bits per heavy atom. The van der Waals surface area contributed by atoms with Crippen LogP contribution in [-0.2, 0) is 11.2 Å². The number of hydrogen-bond acceptors (Lipinski definition) is 2. The first kappa shape index (κ1) is 17.6. The Bertz CT molecular complexity index is 712. The minimum absolute atomic E-state index is 0.123. The van der Waals surface area contributed by atoms with Gasteiger partial charge in [-0.15, -0.1) is 0 Å². The van der Waals surface area contributed by atoms with Gasteiger partial charge in [0.15, 0.2) is 0 Å². The maximum Gasteiger partial charge on any atom is 0.223 e. The molecule has 1 amide bonds. The molecule has 1 atom stereocenters. The zero-order chi connectivity index (χ0) is 17.8. The average molecular weight is 340 g/mol. The van der Waals surface area contributed by atoms with Crippen LogP contribution in [0.15, 0.2) is 48.5 Å². The van der Waals surface area contributed by atoms with Gasteiger partial charge in [-0.2, -0.15) is 0 Å². The molecule has 2 aromatic carbocycles. The van der Waals surface area contributed by atoms with Gasteiger partial charge < -0.3 is 4.90 Å². The third kappa shape index (κ3) is 4.45. The summed E-state index contributed by atoms with van der Waals surface area (Å²) in [6, 6.07) is 15.1. The van der Waals surface area contributed by atoms with Crippen LogP contribution in [0.3, 0.4) is 0 Å². The molecule has 1 saturated heterocycles. The second-order valence-electron chi connectivity index (χ2n) is 6.87. The summed E-state index contributed by atoms with van der Waals surface area (Å²) in [5, 5.41) is 0.